The number of halogens is 7. The zero-order valence-electron chi connectivity index (χ0n) is 17.9. The normalized spacial score (nSPS) is 14.7. The third kappa shape index (κ3) is 5.14. The summed E-state index contributed by atoms with van der Waals surface area (Å²) in [5.41, 5.74) is 5.86. The maximum absolute atomic E-state index is 13.9. The first kappa shape index (κ1) is 24.6. The minimum atomic E-state index is -4.76. The molecule has 1 aromatic carbocycles. The summed E-state index contributed by atoms with van der Waals surface area (Å²) in [7, 11) is 0. The summed E-state index contributed by atoms with van der Waals surface area (Å²) in [6, 6.07) is 2.31. The van der Waals surface area contributed by atoms with Crippen molar-refractivity contribution in [2.75, 3.05) is 6.54 Å². The smallest absolute Gasteiger partial charge is 0.335 e. The van der Waals surface area contributed by atoms with Crippen LogP contribution < -0.4 is 5.73 Å². The molecule has 0 fully saturated rings. The van der Waals surface area contributed by atoms with Gasteiger partial charge >= 0.3 is 6.18 Å². The molecule has 0 saturated heterocycles. The van der Waals surface area contributed by atoms with Crippen molar-refractivity contribution in [1.29, 1.82) is 0 Å². The topological polar surface area (TPSA) is 77.0 Å². The molecule has 0 radical (unpaired) electrons. The van der Waals surface area contributed by atoms with Gasteiger partial charge in [0.1, 0.15) is 5.82 Å². The minimum Gasteiger partial charge on any atom is -0.335 e. The second-order valence-electron chi connectivity index (χ2n) is 8.09. The van der Waals surface area contributed by atoms with Gasteiger partial charge in [-0.15, -0.1) is 0 Å². The Balaban J connectivity index is 1.54. The van der Waals surface area contributed by atoms with Crippen LogP contribution in [0.5, 0.6) is 0 Å². The van der Waals surface area contributed by atoms with E-state index in [4.69, 9.17) is 5.73 Å². The molecular formula is C22H18F7N5O. The van der Waals surface area contributed by atoms with Gasteiger partial charge in [-0.05, 0) is 30.2 Å². The number of hydrogen-bond acceptors (Lipinski definition) is 4. The molecule has 186 valence electrons. The Hall–Kier alpha value is -3.48. The number of hydrogen-bond donors (Lipinski definition) is 1. The van der Waals surface area contributed by atoms with Crippen LogP contribution in [0.25, 0.3) is 11.3 Å². The van der Waals surface area contributed by atoms with E-state index in [-0.39, 0.29) is 55.0 Å². The molecule has 0 spiro atoms. The highest BCUT2D eigenvalue weighted by Crippen LogP contribution is 2.35. The third-order valence-electron chi connectivity index (χ3n) is 5.62. The first-order valence-corrected chi connectivity index (χ1v) is 10.4. The van der Waals surface area contributed by atoms with Gasteiger partial charge in [0.05, 0.1) is 17.9 Å². The van der Waals surface area contributed by atoms with Gasteiger partial charge in [-0.2, -0.15) is 17.6 Å². The highest BCUT2D eigenvalue weighted by atomic mass is 19.4. The standard InChI is InChI=1S/C22H18F7N5O/c23-14-8-16(25)15(24)6-12(14)5-13(30)7-19(35)33-3-4-34-17(10-33)20(32-21(34)22(27,28)29)11-1-2-18(26)31-9-11/h1-2,6,8-9,13H,3-5,7,10,30H2/t13-/m1/s1. The summed E-state index contributed by atoms with van der Waals surface area (Å²) in [6.07, 6.45) is -4.29. The number of nitrogens with two attached hydrogens (primary N) is 1. The van der Waals surface area contributed by atoms with Gasteiger partial charge < -0.3 is 15.2 Å². The van der Waals surface area contributed by atoms with E-state index in [0.29, 0.717) is 12.1 Å². The summed E-state index contributed by atoms with van der Waals surface area (Å²) in [6.45, 7) is -0.510. The maximum atomic E-state index is 13.9. The molecule has 3 aromatic rings. The summed E-state index contributed by atoms with van der Waals surface area (Å²) < 4.78 is 95.2. The van der Waals surface area contributed by atoms with Crippen molar-refractivity contribution < 1.29 is 35.5 Å². The summed E-state index contributed by atoms with van der Waals surface area (Å²) in [4.78, 5) is 21.2. The number of carbonyl (C=O) groups is 1. The zero-order chi connectivity index (χ0) is 25.5. The highest BCUT2D eigenvalue weighted by Gasteiger charge is 2.41. The molecule has 0 aliphatic carbocycles. The second kappa shape index (κ2) is 9.29. The molecular weight excluding hydrogens is 483 g/mol. The summed E-state index contributed by atoms with van der Waals surface area (Å²) >= 11 is 0. The van der Waals surface area contributed by atoms with Crippen LogP contribution in [0.2, 0.25) is 0 Å². The van der Waals surface area contributed by atoms with E-state index < -0.39 is 47.3 Å². The van der Waals surface area contributed by atoms with Crippen LogP contribution in [0.3, 0.4) is 0 Å². The number of alkyl halides is 3. The zero-order valence-corrected chi connectivity index (χ0v) is 17.9. The lowest BCUT2D eigenvalue weighted by Crippen LogP contribution is -2.42. The lowest BCUT2D eigenvalue weighted by atomic mass is 10.0. The molecule has 1 aliphatic rings. The molecule has 35 heavy (non-hydrogen) atoms. The Kier molecular flexibility index (Phi) is 6.54. The fourth-order valence-corrected chi connectivity index (χ4v) is 3.97. The van der Waals surface area contributed by atoms with Crippen LogP contribution in [0, 0.1) is 23.4 Å². The van der Waals surface area contributed by atoms with E-state index in [1.165, 1.54) is 11.0 Å². The predicted molar refractivity (Wildman–Crippen MR) is 108 cm³/mol. The van der Waals surface area contributed by atoms with E-state index in [1.807, 2.05) is 0 Å². The summed E-state index contributed by atoms with van der Waals surface area (Å²) in [5, 5.41) is 0. The minimum absolute atomic E-state index is 0.0708. The number of pyridine rings is 1. The van der Waals surface area contributed by atoms with E-state index >= 15 is 0 Å². The van der Waals surface area contributed by atoms with Crippen LogP contribution in [0.1, 0.15) is 23.5 Å². The van der Waals surface area contributed by atoms with Gasteiger partial charge in [0.15, 0.2) is 11.6 Å². The lowest BCUT2D eigenvalue weighted by Gasteiger charge is -2.30. The number of aromatic nitrogens is 3. The number of rotatable bonds is 5. The SMILES string of the molecule is N[C@@H](CC(=O)N1CCn2c(C(F)(F)F)nc(-c3ccc(F)nc3)c2C1)Cc1cc(F)c(F)cc1F. The number of nitrogens with zero attached hydrogens (tertiary/aromatic N) is 4. The molecule has 0 bridgehead atoms. The van der Waals surface area contributed by atoms with Crippen LogP contribution >= 0.6 is 0 Å². The van der Waals surface area contributed by atoms with Crippen molar-refractivity contribution in [3.63, 3.8) is 0 Å². The fourth-order valence-electron chi connectivity index (χ4n) is 3.97. The number of fused-ring (bicyclic) bond motifs is 1. The van der Waals surface area contributed by atoms with Crippen molar-refractivity contribution in [2.24, 2.45) is 5.73 Å². The Morgan fingerprint density at radius 1 is 1.06 bits per heavy atom. The maximum Gasteiger partial charge on any atom is 0.449 e. The molecule has 0 unspecified atom stereocenters. The lowest BCUT2D eigenvalue weighted by molar-refractivity contribution is -0.148. The Morgan fingerprint density at radius 2 is 1.77 bits per heavy atom. The van der Waals surface area contributed by atoms with Gasteiger partial charge in [0.2, 0.25) is 17.7 Å². The number of benzene rings is 1. The van der Waals surface area contributed by atoms with Gasteiger partial charge in [0, 0.05) is 43.4 Å². The molecule has 4 rings (SSSR count). The van der Waals surface area contributed by atoms with Crippen molar-refractivity contribution in [3.8, 4) is 11.3 Å². The van der Waals surface area contributed by atoms with Gasteiger partial charge in [-0.3, -0.25) is 4.79 Å². The molecule has 1 aliphatic heterocycles. The van der Waals surface area contributed by atoms with E-state index in [2.05, 4.69) is 9.97 Å². The Morgan fingerprint density at radius 3 is 2.43 bits per heavy atom. The Labute approximate surface area is 194 Å². The molecule has 3 heterocycles. The van der Waals surface area contributed by atoms with Crippen molar-refractivity contribution in [3.05, 3.63) is 70.9 Å². The molecule has 2 N–H and O–H groups in total. The van der Waals surface area contributed by atoms with E-state index in [1.54, 1.807) is 0 Å². The van der Waals surface area contributed by atoms with Crippen molar-refractivity contribution in [1.82, 2.24) is 19.4 Å². The molecule has 13 heteroatoms. The van der Waals surface area contributed by atoms with E-state index in [0.717, 1.165) is 16.8 Å². The van der Waals surface area contributed by atoms with Gasteiger partial charge in [0.25, 0.3) is 0 Å². The average molecular weight is 501 g/mol. The van der Waals surface area contributed by atoms with Gasteiger partial charge in [-0.25, -0.2) is 23.1 Å². The van der Waals surface area contributed by atoms with Gasteiger partial charge in [-0.1, -0.05) is 0 Å². The molecule has 0 saturated carbocycles. The van der Waals surface area contributed by atoms with Crippen molar-refractivity contribution >= 4 is 5.91 Å². The number of imidazole rings is 1. The third-order valence-corrected chi connectivity index (χ3v) is 5.62. The average Bonchev–Trinajstić information content (AvgIpc) is 3.17. The van der Waals surface area contributed by atoms with Crippen LogP contribution in [-0.2, 0) is 30.5 Å². The highest BCUT2D eigenvalue weighted by molar-refractivity contribution is 5.77. The van der Waals surface area contributed by atoms with E-state index in [9.17, 15) is 35.5 Å². The van der Waals surface area contributed by atoms with Crippen LogP contribution in [0.15, 0.2) is 30.5 Å². The quantitative estimate of drug-likeness (QED) is 0.328. The fraction of sp³-hybridized carbons (Fsp3) is 0.318. The van der Waals surface area contributed by atoms with Crippen molar-refractivity contribution in [2.45, 2.75) is 38.1 Å². The predicted octanol–water partition coefficient (Wildman–Crippen LogP) is 3.82. The monoisotopic (exact) mass is 501 g/mol. The van der Waals surface area contributed by atoms with Crippen LogP contribution in [0.4, 0.5) is 30.7 Å². The second-order valence-corrected chi connectivity index (χ2v) is 8.09. The largest absolute Gasteiger partial charge is 0.449 e. The first-order chi connectivity index (χ1) is 16.4. The first-order valence-electron chi connectivity index (χ1n) is 10.4. The van der Waals surface area contributed by atoms with Crippen LogP contribution in [-0.4, -0.2) is 37.9 Å². The number of carbonyl (C=O) groups excluding carboxylic acids is 1. The Bertz CT molecular complexity index is 1260. The molecule has 1 amide bonds. The molecule has 2 aromatic heterocycles. The summed E-state index contributed by atoms with van der Waals surface area (Å²) in [5.74, 6) is -6.11. The number of amides is 1. The molecule has 6 nitrogen and oxygen atoms in total. The molecule has 1 atom stereocenters.